The van der Waals surface area contributed by atoms with Crippen molar-refractivity contribution in [2.75, 3.05) is 44.7 Å². The van der Waals surface area contributed by atoms with E-state index in [1.807, 2.05) is 19.1 Å². The number of rotatable bonds is 4. The zero-order chi connectivity index (χ0) is 20.8. The molecule has 1 unspecified atom stereocenters. The predicted molar refractivity (Wildman–Crippen MR) is 139 cm³/mol. The van der Waals surface area contributed by atoms with E-state index in [-0.39, 0.29) is 42.6 Å². The van der Waals surface area contributed by atoms with Crippen LogP contribution in [0.25, 0.3) is 0 Å². The molecule has 0 bridgehead atoms. The summed E-state index contributed by atoms with van der Waals surface area (Å²) in [7, 11) is 1.71. The van der Waals surface area contributed by atoms with Crippen LogP contribution >= 0.6 is 37.2 Å². The Hall–Kier alpha value is -1.53. The van der Waals surface area contributed by atoms with Gasteiger partial charge in [0.25, 0.3) is 0 Å². The number of nitrogens with two attached hydrogens (primary N) is 1. The van der Waals surface area contributed by atoms with E-state index in [0.717, 1.165) is 62.1 Å². The average molecular weight is 505 g/mol. The number of hydrogen-bond donors (Lipinski definition) is 1. The van der Waals surface area contributed by atoms with Crippen LogP contribution in [0.1, 0.15) is 34.1 Å². The summed E-state index contributed by atoms with van der Waals surface area (Å²) < 4.78 is 11.2. The van der Waals surface area contributed by atoms with Gasteiger partial charge in [0, 0.05) is 60.7 Å². The van der Waals surface area contributed by atoms with E-state index in [1.165, 1.54) is 22.4 Å². The van der Waals surface area contributed by atoms with Crippen molar-refractivity contribution < 1.29 is 9.47 Å². The van der Waals surface area contributed by atoms with E-state index < -0.39 is 0 Å². The first kappa shape index (κ1) is 28.5. The minimum Gasteiger partial charge on any atom is -0.497 e. The van der Waals surface area contributed by atoms with E-state index in [4.69, 9.17) is 15.2 Å². The molecule has 1 aromatic carbocycles. The van der Waals surface area contributed by atoms with Gasteiger partial charge in [-0.05, 0) is 57.0 Å². The van der Waals surface area contributed by atoms with Crippen LogP contribution in [0, 0.1) is 5.41 Å². The second kappa shape index (κ2) is 11.1. The van der Waals surface area contributed by atoms with Crippen molar-refractivity contribution in [2.24, 2.45) is 11.1 Å². The molecule has 1 atom stereocenters. The number of methoxy groups -OCH3 is 1. The maximum absolute atomic E-state index is 6.75. The summed E-state index contributed by atoms with van der Waals surface area (Å²) in [5.74, 6) is 2.89. The largest absolute Gasteiger partial charge is 0.497 e. The Bertz CT molecular complexity index is 904. The van der Waals surface area contributed by atoms with Crippen molar-refractivity contribution in [3.8, 4) is 5.75 Å². The number of ether oxygens (including phenoxy) is 2. The minimum absolute atomic E-state index is 0. The molecule has 1 aliphatic carbocycles. The number of anilines is 1. The molecule has 32 heavy (non-hydrogen) atoms. The first-order valence-corrected chi connectivity index (χ1v) is 10.5. The molecule has 2 N–H and O–H groups in total. The Morgan fingerprint density at radius 3 is 2.12 bits per heavy atom. The molecule has 0 aromatic heterocycles. The van der Waals surface area contributed by atoms with Gasteiger partial charge in [-0.25, -0.2) is 0 Å². The topological polar surface area (TPSA) is 51.0 Å². The van der Waals surface area contributed by atoms with Crippen LogP contribution in [0.15, 0.2) is 58.2 Å². The van der Waals surface area contributed by atoms with Crippen molar-refractivity contribution in [1.82, 2.24) is 4.90 Å². The van der Waals surface area contributed by atoms with E-state index in [2.05, 4.69) is 42.7 Å². The molecular weight excluding hydrogens is 469 g/mol. The molecule has 2 aliphatic heterocycles. The van der Waals surface area contributed by atoms with Crippen LogP contribution in [-0.4, -0.2) is 44.7 Å². The zero-order valence-electron chi connectivity index (χ0n) is 19.6. The molecule has 1 saturated heterocycles. The molecule has 2 heterocycles. The first-order valence-electron chi connectivity index (χ1n) is 10.5. The highest BCUT2D eigenvalue weighted by atomic mass is 35.5. The molecular formula is C24H36Cl3N3O2. The smallest absolute Gasteiger partial charge is 0.119 e. The number of halogens is 3. The third kappa shape index (κ3) is 5.17. The number of allylic oxidation sites excluding steroid dienone is 5. The quantitative estimate of drug-likeness (QED) is 0.603. The summed E-state index contributed by atoms with van der Waals surface area (Å²) in [6.07, 6.45) is 0.962. The lowest BCUT2D eigenvalue weighted by atomic mass is 9.85. The highest BCUT2D eigenvalue weighted by molar-refractivity contribution is 5.86. The molecule has 4 rings (SSSR count). The number of fused-ring (bicyclic) bond motifs is 1. The van der Waals surface area contributed by atoms with Gasteiger partial charge in [0.2, 0.25) is 0 Å². The lowest BCUT2D eigenvalue weighted by molar-refractivity contribution is 0.182. The van der Waals surface area contributed by atoms with Crippen molar-refractivity contribution in [1.29, 1.82) is 0 Å². The highest BCUT2D eigenvalue weighted by Gasteiger charge is 2.43. The van der Waals surface area contributed by atoms with Crippen LogP contribution in [0.2, 0.25) is 0 Å². The second-order valence-corrected chi connectivity index (χ2v) is 8.81. The Kier molecular flexibility index (Phi) is 9.85. The van der Waals surface area contributed by atoms with Crippen molar-refractivity contribution in [2.45, 2.75) is 34.1 Å². The van der Waals surface area contributed by atoms with E-state index in [0.29, 0.717) is 0 Å². The summed E-state index contributed by atoms with van der Waals surface area (Å²) in [5, 5.41) is 0. The Morgan fingerprint density at radius 2 is 1.56 bits per heavy atom. The van der Waals surface area contributed by atoms with Crippen molar-refractivity contribution in [3.05, 3.63) is 58.2 Å². The summed E-state index contributed by atoms with van der Waals surface area (Å²) >= 11 is 0. The van der Waals surface area contributed by atoms with E-state index in [9.17, 15) is 0 Å². The summed E-state index contributed by atoms with van der Waals surface area (Å²) in [4.78, 5) is 5.01. The van der Waals surface area contributed by atoms with Crippen LogP contribution in [0.5, 0.6) is 5.75 Å². The molecule has 5 nitrogen and oxygen atoms in total. The number of hydrogen-bond acceptors (Lipinski definition) is 5. The third-order valence-electron chi connectivity index (χ3n) is 6.80. The van der Waals surface area contributed by atoms with Crippen molar-refractivity contribution in [3.63, 3.8) is 0 Å². The van der Waals surface area contributed by atoms with Gasteiger partial charge in [-0.15, -0.1) is 37.2 Å². The number of benzene rings is 1. The van der Waals surface area contributed by atoms with Gasteiger partial charge in [-0.3, -0.25) is 4.90 Å². The summed E-state index contributed by atoms with van der Waals surface area (Å²) in [5.41, 5.74) is 12.7. The number of piperazine rings is 1. The molecule has 180 valence electrons. The maximum Gasteiger partial charge on any atom is 0.119 e. The zero-order valence-corrected chi connectivity index (χ0v) is 22.0. The molecule has 8 heteroatoms. The van der Waals surface area contributed by atoms with Gasteiger partial charge in [-0.1, -0.05) is 6.92 Å². The third-order valence-corrected chi connectivity index (χ3v) is 6.80. The van der Waals surface area contributed by atoms with Crippen LogP contribution in [-0.2, 0) is 4.74 Å². The average Bonchev–Trinajstić information content (AvgIpc) is 2.98. The fourth-order valence-electron chi connectivity index (χ4n) is 4.90. The fraction of sp³-hybridized carbons (Fsp3) is 0.500. The van der Waals surface area contributed by atoms with Gasteiger partial charge >= 0.3 is 0 Å². The summed E-state index contributed by atoms with van der Waals surface area (Å²) in [6, 6.07) is 8.36. The lowest BCUT2D eigenvalue weighted by Crippen LogP contribution is -2.50. The molecule has 0 spiro atoms. The van der Waals surface area contributed by atoms with Gasteiger partial charge in [0.1, 0.15) is 17.3 Å². The van der Waals surface area contributed by atoms with Crippen molar-refractivity contribution >= 4 is 42.9 Å². The molecule has 0 radical (unpaired) electrons. The molecule has 3 aliphatic rings. The molecule has 0 saturated carbocycles. The van der Waals surface area contributed by atoms with Gasteiger partial charge in [0.05, 0.1) is 7.11 Å². The maximum atomic E-state index is 6.75. The minimum atomic E-state index is -0.0382. The standard InChI is InChI=1S/C24H33N3O2.3ClH/c1-16-17(2)29-18(3)21-14-24(4,23(25)22(16)21)15-26-10-12-27(13-11-26)19-6-8-20(28-5)9-7-19;;;/h6-9H,10-15,25H2,1-5H3;3*1H. The van der Waals surface area contributed by atoms with Crippen LogP contribution < -0.4 is 15.4 Å². The Labute approximate surface area is 210 Å². The van der Waals surface area contributed by atoms with Gasteiger partial charge in [0.15, 0.2) is 0 Å². The SMILES string of the molecule is COc1ccc(N2CCN(CC3(C)CC4=C(C)OC(C)=C(C)C4=C3N)CC2)cc1.Cl.Cl.Cl. The lowest BCUT2D eigenvalue weighted by Gasteiger charge is -2.40. The summed E-state index contributed by atoms with van der Waals surface area (Å²) in [6.45, 7) is 13.7. The van der Waals surface area contributed by atoms with Gasteiger partial charge < -0.3 is 20.1 Å². The number of nitrogens with zero attached hydrogens (tertiary/aromatic N) is 2. The first-order chi connectivity index (χ1) is 13.8. The Balaban J connectivity index is 0.00000171. The second-order valence-electron chi connectivity index (χ2n) is 8.81. The monoisotopic (exact) mass is 503 g/mol. The normalized spacial score (nSPS) is 23.1. The Morgan fingerprint density at radius 1 is 0.969 bits per heavy atom. The highest BCUT2D eigenvalue weighted by Crippen LogP contribution is 2.50. The fourth-order valence-corrected chi connectivity index (χ4v) is 4.90. The predicted octanol–water partition coefficient (Wildman–Crippen LogP) is 5.30. The van der Waals surface area contributed by atoms with E-state index in [1.54, 1.807) is 7.11 Å². The van der Waals surface area contributed by atoms with E-state index >= 15 is 0 Å². The molecule has 0 amide bonds. The van der Waals surface area contributed by atoms with Crippen LogP contribution in [0.3, 0.4) is 0 Å². The molecule has 1 fully saturated rings. The van der Waals surface area contributed by atoms with Crippen LogP contribution in [0.4, 0.5) is 5.69 Å². The van der Waals surface area contributed by atoms with Gasteiger partial charge in [-0.2, -0.15) is 0 Å². The molecule has 1 aromatic rings.